The van der Waals surface area contributed by atoms with Crippen LogP contribution in [0.15, 0.2) is 53.4 Å². The summed E-state index contributed by atoms with van der Waals surface area (Å²) in [6, 6.07) is 11.7. The van der Waals surface area contributed by atoms with Gasteiger partial charge in [-0.15, -0.1) is 0 Å². The van der Waals surface area contributed by atoms with Gasteiger partial charge >= 0.3 is 0 Å². The van der Waals surface area contributed by atoms with E-state index in [4.69, 9.17) is 11.6 Å². The van der Waals surface area contributed by atoms with Crippen LogP contribution in [0.2, 0.25) is 5.02 Å². The van der Waals surface area contributed by atoms with Crippen LogP contribution >= 0.6 is 11.6 Å². The molecule has 3 atom stereocenters. The molecule has 2 aromatic carbocycles. The molecule has 1 N–H and O–H groups in total. The number of benzene rings is 2. The number of hydrogen-bond donors (Lipinski definition) is 1. The van der Waals surface area contributed by atoms with Gasteiger partial charge in [-0.2, -0.15) is 0 Å². The molecule has 0 saturated heterocycles. The van der Waals surface area contributed by atoms with Crippen molar-refractivity contribution < 1.29 is 17.9 Å². The number of aliphatic hydroxyl groups excluding tert-OH is 1. The van der Waals surface area contributed by atoms with Crippen LogP contribution in [0.5, 0.6) is 0 Å². The maximum absolute atomic E-state index is 13.0. The molecule has 1 aliphatic carbocycles. The van der Waals surface area contributed by atoms with E-state index in [9.17, 15) is 17.9 Å². The molecule has 1 fully saturated rings. The zero-order chi connectivity index (χ0) is 15.9. The lowest BCUT2D eigenvalue weighted by atomic mass is 10.1. The van der Waals surface area contributed by atoms with Gasteiger partial charge in [0.1, 0.15) is 5.82 Å². The molecule has 6 heteroatoms. The lowest BCUT2D eigenvalue weighted by Crippen LogP contribution is -2.11. The fourth-order valence-electron chi connectivity index (χ4n) is 2.89. The molecular formula is C16H14ClFO3S. The highest BCUT2D eigenvalue weighted by Gasteiger charge is 2.58. The first-order valence-electron chi connectivity index (χ1n) is 6.81. The summed E-state index contributed by atoms with van der Waals surface area (Å²) in [6.45, 7) is -0.223. The first kappa shape index (κ1) is 15.5. The fraction of sp³-hybridized carbons (Fsp3) is 0.250. The van der Waals surface area contributed by atoms with Crippen LogP contribution in [0.25, 0.3) is 0 Å². The van der Waals surface area contributed by atoms with Crippen LogP contribution in [-0.4, -0.2) is 25.4 Å². The zero-order valence-electron chi connectivity index (χ0n) is 11.5. The number of aliphatic hydroxyl groups is 1. The average molecular weight is 341 g/mol. The molecule has 0 aliphatic heterocycles. The van der Waals surface area contributed by atoms with Gasteiger partial charge in [-0.05, 0) is 42.0 Å². The molecule has 22 heavy (non-hydrogen) atoms. The number of sulfone groups is 1. The molecule has 0 unspecified atom stereocenters. The Morgan fingerprint density at radius 1 is 1.05 bits per heavy atom. The largest absolute Gasteiger partial charge is 0.396 e. The van der Waals surface area contributed by atoms with Crippen LogP contribution in [0.3, 0.4) is 0 Å². The van der Waals surface area contributed by atoms with Crippen LogP contribution in [-0.2, 0) is 9.84 Å². The minimum Gasteiger partial charge on any atom is -0.396 e. The molecule has 116 valence electrons. The zero-order valence-corrected chi connectivity index (χ0v) is 13.1. The first-order valence-corrected chi connectivity index (χ1v) is 8.73. The van der Waals surface area contributed by atoms with Crippen molar-refractivity contribution in [3.63, 3.8) is 0 Å². The van der Waals surface area contributed by atoms with Crippen molar-refractivity contribution in [2.24, 2.45) is 5.92 Å². The van der Waals surface area contributed by atoms with Crippen LogP contribution < -0.4 is 0 Å². The summed E-state index contributed by atoms with van der Waals surface area (Å²) in [4.78, 5) is 0.185. The summed E-state index contributed by atoms with van der Waals surface area (Å²) in [6.07, 6.45) is 0. The molecule has 0 amide bonds. The topological polar surface area (TPSA) is 54.4 Å². The van der Waals surface area contributed by atoms with Gasteiger partial charge in [0.25, 0.3) is 0 Å². The molecule has 0 aromatic heterocycles. The number of halogens is 2. The second-order valence-electron chi connectivity index (χ2n) is 5.39. The summed E-state index contributed by atoms with van der Waals surface area (Å²) in [5.74, 6) is -1.06. The van der Waals surface area contributed by atoms with Crippen LogP contribution in [0.1, 0.15) is 11.5 Å². The Morgan fingerprint density at radius 2 is 1.64 bits per heavy atom. The van der Waals surface area contributed by atoms with Gasteiger partial charge in [0, 0.05) is 23.5 Å². The second kappa shape index (κ2) is 5.65. The Bertz CT molecular complexity index is 772. The van der Waals surface area contributed by atoms with Crippen molar-refractivity contribution in [3.05, 3.63) is 64.9 Å². The highest BCUT2D eigenvalue weighted by atomic mass is 35.5. The molecule has 0 radical (unpaired) electrons. The van der Waals surface area contributed by atoms with Crippen molar-refractivity contribution in [1.82, 2.24) is 0 Å². The Labute approximate surface area is 133 Å². The molecule has 1 saturated carbocycles. The van der Waals surface area contributed by atoms with E-state index in [0.717, 1.165) is 5.56 Å². The first-order chi connectivity index (χ1) is 10.4. The Hall–Kier alpha value is -1.43. The van der Waals surface area contributed by atoms with Gasteiger partial charge in [-0.3, -0.25) is 0 Å². The minimum absolute atomic E-state index is 0.185. The highest BCUT2D eigenvalue weighted by Crippen LogP contribution is 2.53. The Morgan fingerprint density at radius 3 is 2.18 bits per heavy atom. The third-order valence-corrected chi connectivity index (χ3v) is 6.60. The predicted molar refractivity (Wildman–Crippen MR) is 82.1 cm³/mol. The van der Waals surface area contributed by atoms with E-state index < -0.39 is 15.1 Å². The molecule has 0 heterocycles. The van der Waals surface area contributed by atoms with E-state index in [1.807, 2.05) is 0 Å². The summed E-state index contributed by atoms with van der Waals surface area (Å²) in [5, 5.41) is 9.23. The van der Waals surface area contributed by atoms with E-state index in [0.29, 0.717) is 5.02 Å². The lowest BCUT2D eigenvalue weighted by Gasteiger charge is -2.04. The minimum atomic E-state index is -3.56. The van der Waals surface area contributed by atoms with E-state index in [1.165, 1.54) is 36.4 Å². The SMILES string of the molecule is O=S(=O)(c1ccc(Cl)cc1)[C@@H]1[C@H](CO)[C@@H]1c1ccc(F)cc1. The maximum atomic E-state index is 13.0. The molecule has 0 spiro atoms. The number of hydrogen-bond acceptors (Lipinski definition) is 3. The molecule has 1 aliphatic rings. The van der Waals surface area contributed by atoms with E-state index in [2.05, 4.69) is 0 Å². The van der Waals surface area contributed by atoms with Gasteiger partial charge in [0.15, 0.2) is 9.84 Å². The average Bonchev–Trinajstić information content (AvgIpc) is 3.24. The Balaban J connectivity index is 1.93. The maximum Gasteiger partial charge on any atom is 0.182 e. The quantitative estimate of drug-likeness (QED) is 0.930. The molecule has 3 rings (SSSR count). The van der Waals surface area contributed by atoms with Crippen molar-refractivity contribution in [2.45, 2.75) is 16.1 Å². The van der Waals surface area contributed by atoms with E-state index in [1.54, 1.807) is 12.1 Å². The third kappa shape index (κ3) is 2.64. The van der Waals surface area contributed by atoms with E-state index in [-0.39, 0.29) is 29.2 Å². The number of rotatable bonds is 4. The standard InChI is InChI=1S/C16H14ClFO3S/c17-11-3-7-13(8-4-11)22(20,21)16-14(9-19)15(16)10-1-5-12(18)6-2-10/h1-8,14-16,19H,9H2/t14-,15+,16-/m1/s1. The molecular weight excluding hydrogens is 327 g/mol. The van der Waals surface area contributed by atoms with Gasteiger partial charge in [-0.25, -0.2) is 12.8 Å². The Kier molecular flexibility index (Phi) is 3.97. The summed E-state index contributed by atoms with van der Waals surface area (Å²) >= 11 is 5.78. The summed E-state index contributed by atoms with van der Waals surface area (Å²) in [7, 11) is -3.56. The van der Waals surface area contributed by atoms with E-state index >= 15 is 0 Å². The summed E-state index contributed by atoms with van der Waals surface area (Å²) < 4.78 is 38.4. The lowest BCUT2D eigenvalue weighted by molar-refractivity contribution is 0.274. The summed E-state index contributed by atoms with van der Waals surface area (Å²) in [5.41, 5.74) is 0.725. The van der Waals surface area contributed by atoms with Crippen molar-refractivity contribution >= 4 is 21.4 Å². The van der Waals surface area contributed by atoms with Gasteiger partial charge in [-0.1, -0.05) is 23.7 Å². The molecule has 0 bridgehead atoms. The fourth-order valence-corrected chi connectivity index (χ4v) is 5.21. The van der Waals surface area contributed by atoms with Gasteiger partial charge in [0.2, 0.25) is 0 Å². The molecule has 2 aromatic rings. The highest BCUT2D eigenvalue weighted by molar-refractivity contribution is 7.92. The van der Waals surface area contributed by atoms with Crippen LogP contribution in [0.4, 0.5) is 4.39 Å². The monoisotopic (exact) mass is 340 g/mol. The predicted octanol–water partition coefficient (Wildman–Crippen LogP) is 3.03. The van der Waals surface area contributed by atoms with Crippen molar-refractivity contribution in [2.75, 3.05) is 6.61 Å². The van der Waals surface area contributed by atoms with Gasteiger partial charge in [0.05, 0.1) is 10.1 Å². The second-order valence-corrected chi connectivity index (χ2v) is 7.93. The van der Waals surface area contributed by atoms with Crippen molar-refractivity contribution in [1.29, 1.82) is 0 Å². The van der Waals surface area contributed by atoms with Crippen LogP contribution in [0, 0.1) is 11.7 Å². The van der Waals surface area contributed by atoms with Gasteiger partial charge < -0.3 is 5.11 Å². The molecule has 3 nitrogen and oxygen atoms in total. The smallest absolute Gasteiger partial charge is 0.182 e. The third-order valence-electron chi connectivity index (χ3n) is 4.06. The normalized spacial score (nSPS) is 24.2. The van der Waals surface area contributed by atoms with Crippen molar-refractivity contribution in [3.8, 4) is 0 Å².